The summed E-state index contributed by atoms with van der Waals surface area (Å²) in [5.41, 5.74) is 0. The summed E-state index contributed by atoms with van der Waals surface area (Å²) in [6.45, 7) is 0. The molecule has 2 N–H and O–H groups in total. The number of aliphatic carboxylic acids is 2. The summed E-state index contributed by atoms with van der Waals surface area (Å²) in [6.07, 6.45) is 15.5. The van der Waals surface area contributed by atoms with Gasteiger partial charge in [0.05, 0.1) is 0 Å². The largest absolute Gasteiger partial charge is 0.481 e. The number of hydrogen-bond donors (Lipinski definition) is 2. The van der Waals surface area contributed by atoms with Crippen LogP contribution in [0.25, 0.3) is 0 Å². The van der Waals surface area contributed by atoms with E-state index < -0.39 is 11.9 Å². The monoisotopic (exact) mass is 284 g/mol. The average Bonchev–Trinajstić information content (AvgIpc) is 2.38. The van der Waals surface area contributed by atoms with Gasteiger partial charge >= 0.3 is 11.9 Å². The lowest BCUT2D eigenvalue weighted by molar-refractivity contribution is -0.137. The fourth-order valence-corrected chi connectivity index (χ4v) is 2.14. The van der Waals surface area contributed by atoms with Crippen molar-refractivity contribution in [2.75, 3.05) is 0 Å². The van der Waals surface area contributed by atoms with Crippen molar-refractivity contribution in [1.82, 2.24) is 0 Å². The van der Waals surface area contributed by atoms with Crippen molar-refractivity contribution in [3.05, 3.63) is 12.2 Å². The lowest BCUT2D eigenvalue weighted by atomic mass is 10.1. The van der Waals surface area contributed by atoms with E-state index >= 15 is 0 Å². The lowest BCUT2D eigenvalue weighted by Crippen LogP contribution is -1.93. The van der Waals surface area contributed by atoms with E-state index in [1.54, 1.807) is 6.08 Å². The van der Waals surface area contributed by atoms with Crippen LogP contribution in [0.4, 0.5) is 0 Å². The van der Waals surface area contributed by atoms with Gasteiger partial charge in [-0.2, -0.15) is 0 Å². The van der Waals surface area contributed by atoms with Gasteiger partial charge in [0.1, 0.15) is 0 Å². The molecular weight excluding hydrogens is 256 g/mol. The Hall–Kier alpha value is -1.32. The molecule has 0 aliphatic rings. The van der Waals surface area contributed by atoms with Gasteiger partial charge in [0, 0.05) is 12.5 Å². The molecule has 0 saturated heterocycles. The minimum atomic E-state index is -0.867. The van der Waals surface area contributed by atoms with E-state index in [9.17, 15) is 9.59 Å². The molecular formula is C16H28O4. The summed E-state index contributed by atoms with van der Waals surface area (Å²) < 4.78 is 0. The van der Waals surface area contributed by atoms with Crippen molar-refractivity contribution in [3.63, 3.8) is 0 Å². The number of carboxylic acid groups (broad SMARTS) is 2. The third kappa shape index (κ3) is 16.7. The Balaban J connectivity index is 3.06. The fraction of sp³-hybridized carbons (Fsp3) is 0.750. The molecule has 116 valence electrons. The predicted octanol–water partition coefficient (Wildman–Crippen LogP) is 4.39. The molecule has 0 aromatic rings. The number of carboxylic acids is 2. The van der Waals surface area contributed by atoms with E-state index in [0.717, 1.165) is 32.1 Å². The van der Waals surface area contributed by atoms with Gasteiger partial charge < -0.3 is 10.2 Å². The zero-order chi connectivity index (χ0) is 15.1. The lowest BCUT2D eigenvalue weighted by Gasteiger charge is -2.01. The highest BCUT2D eigenvalue weighted by Gasteiger charge is 1.96. The van der Waals surface area contributed by atoms with Gasteiger partial charge in [0.2, 0.25) is 0 Å². The number of allylic oxidation sites excluding steroid dienone is 1. The van der Waals surface area contributed by atoms with Crippen LogP contribution in [-0.4, -0.2) is 22.2 Å². The number of rotatable bonds is 14. The average molecular weight is 284 g/mol. The molecule has 0 radical (unpaired) electrons. The van der Waals surface area contributed by atoms with Crippen molar-refractivity contribution in [2.45, 2.75) is 77.0 Å². The van der Waals surface area contributed by atoms with E-state index in [1.165, 1.54) is 44.6 Å². The van der Waals surface area contributed by atoms with Gasteiger partial charge in [0.25, 0.3) is 0 Å². The minimum absolute atomic E-state index is 0.302. The second-order valence-electron chi connectivity index (χ2n) is 5.21. The SMILES string of the molecule is O=C(O)/C=C/CCCCCCCCCCCCC(=O)O. The molecule has 0 saturated carbocycles. The van der Waals surface area contributed by atoms with E-state index in [0.29, 0.717) is 6.42 Å². The Labute approximate surface area is 121 Å². The Morgan fingerprint density at radius 2 is 1.15 bits per heavy atom. The summed E-state index contributed by atoms with van der Waals surface area (Å²) in [7, 11) is 0. The van der Waals surface area contributed by atoms with E-state index in [-0.39, 0.29) is 0 Å². The van der Waals surface area contributed by atoms with Crippen molar-refractivity contribution >= 4 is 11.9 Å². The highest BCUT2D eigenvalue weighted by Crippen LogP contribution is 2.12. The second-order valence-corrected chi connectivity index (χ2v) is 5.21. The maximum absolute atomic E-state index is 10.3. The molecule has 0 bridgehead atoms. The summed E-state index contributed by atoms with van der Waals surface area (Å²) in [5.74, 6) is -1.56. The molecule has 0 spiro atoms. The van der Waals surface area contributed by atoms with Crippen LogP contribution in [0, 0.1) is 0 Å². The summed E-state index contributed by atoms with van der Waals surface area (Å²) in [5, 5.41) is 16.9. The first-order chi connectivity index (χ1) is 9.63. The van der Waals surface area contributed by atoms with Crippen LogP contribution in [0.3, 0.4) is 0 Å². The number of hydrogen-bond acceptors (Lipinski definition) is 2. The zero-order valence-corrected chi connectivity index (χ0v) is 12.4. The molecule has 0 aliphatic carbocycles. The van der Waals surface area contributed by atoms with Crippen molar-refractivity contribution in [2.24, 2.45) is 0 Å². The van der Waals surface area contributed by atoms with Gasteiger partial charge in [-0.25, -0.2) is 4.79 Å². The molecule has 4 heteroatoms. The zero-order valence-electron chi connectivity index (χ0n) is 12.4. The summed E-state index contributed by atoms with van der Waals surface area (Å²) in [4.78, 5) is 20.5. The predicted molar refractivity (Wildman–Crippen MR) is 79.8 cm³/mol. The van der Waals surface area contributed by atoms with Crippen LogP contribution in [-0.2, 0) is 9.59 Å². The molecule has 4 nitrogen and oxygen atoms in total. The van der Waals surface area contributed by atoms with E-state index in [2.05, 4.69) is 0 Å². The molecule has 0 aromatic carbocycles. The molecule has 0 atom stereocenters. The number of unbranched alkanes of at least 4 members (excludes halogenated alkanes) is 10. The molecule has 20 heavy (non-hydrogen) atoms. The van der Waals surface area contributed by atoms with Crippen LogP contribution in [0.2, 0.25) is 0 Å². The van der Waals surface area contributed by atoms with Crippen LogP contribution in [0.5, 0.6) is 0 Å². The van der Waals surface area contributed by atoms with Crippen LogP contribution < -0.4 is 0 Å². The first-order valence-electron chi connectivity index (χ1n) is 7.74. The third-order valence-corrected chi connectivity index (χ3v) is 3.27. The van der Waals surface area contributed by atoms with Gasteiger partial charge in [0.15, 0.2) is 0 Å². The van der Waals surface area contributed by atoms with E-state index in [1.807, 2.05) is 0 Å². The van der Waals surface area contributed by atoms with Crippen LogP contribution in [0.1, 0.15) is 77.0 Å². The molecule has 0 amide bonds. The minimum Gasteiger partial charge on any atom is -0.481 e. The van der Waals surface area contributed by atoms with Crippen molar-refractivity contribution in [3.8, 4) is 0 Å². The Bertz CT molecular complexity index is 284. The quantitative estimate of drug-likeness (QED) is 0.366. The maximum Gasteiger partial charge on any atom is 0.327 e. The van der Waals surface area contributed by atoms with Crippen LogP contribution in [0.15, 0.2) is 12.2 Å². The Morgan fingerprint density at radius 1 is 0.700 bits per heavy atom. The van der Waals surface area contributed by atoms with Gasteiger partial charge in [-0.15, -0.1) is 0 Å². The highest BCUT2D eigenvalue weighted by atomic mass is 16.4. The molecule has 0 unspecified atom stereocenters. The van der Waals surface area contributed by atoms with Gasteiger partial charge in [-0.1, -0.05) is 57.4 Å². The maximum atomic E-state index is 10.3. The fourth-order valence-electron chi connectivity index (χ4n) is 2.14. The molecule has 0 heterocycles. The van der Waals surface area contributed by atoms with Gasteiger partial charge in [-0.3, -0.25) is 4.79 Å². The summed E-state index contributed by atoms with van der Waals surface area (Å²) in [6, 6.07) is 0. The van der Waals surface area contributed by atoms with E-state index in [4.69, 9.17) is 10.2 Å². The van der Waals surface area contributed by atoms with Crippen molar-refractivity contribution in [1.29, 1.82) is 0 Å². The Kier molecular flexibility index (Phi) is 13.2. The highest BCUT2D eigenvalue weighted by molar-refractivity contribution is 5.79. The summed E-state index contributed by atoms with van der Waals surface area (Å²) >= 11 is 0. The van der Waals surface area contributed by atoms with Crippen molar-refractivity contribution < 1.29 is 19.8 Å². The smallest absolute Gasteiger partial charge is 0.327 e. The molecule has 0 fully saturated rings. The first kappa shape index (κ1) is 18.7. The van der Waals surface area contributed by atoms with Gasteiger partial charge in [-0.05, 0) is 19.3 Å². The molecule has 0 aromatic heterocycles. The first-order valence-corrected chi connectivity index (χ1v) is 7.74. The standard InChI is InChI=1S/C16H28O4/c17-15(18)13-11-9-7-5-3-1-2-4-6-8-10-12-14-16(19)20/h11,13H,1-10,12,14H2,(H,17,18)(H,19,20)/b13-11+. The molecule has 0 aliphatic heterocycles. The second kappa shape index (κ2) is 14.1. The third-order valence-electron chi connectivity index (χ3n) is 3.27. The number of carbonyl (C=O) groups is 2. The van der Waals surface area contributed by atoms with Crippen LogP contribution >= 0.6 is 0 Å². The normalized spacial score (nSPS) is 11.0. The molecule has 0 rings (SSSR count). The Morgan fingerprint density at radius 3 is 1.60 bits per heavy atom. The topological polar surface area (TPSA) is 74.6 Å².